The maximum absolute atomic E-state index is 5.70. The summed E-state index contributed by atoms with van der Waals surface area (Å²) in [7, 11) is 1.86. The van der Waals surface area contributed by atoms with Crippen LogP contribution in [0.2, 0.25) is 0 Å². The van der Waals surface area contributed by atoms with Crippen LogP contribution in [0.3, 0.4) is 0 Å². The van der Waals surface area contributed by atoms with Crippen LogP contribution in [-0.4, -0.2) is 24.7 Å². The zero-order chi connectivity index (χ0) is 15.9. The van der Waals surface area contributed by atoms with Crippen LogP contribution in [-0.2, 0) is 17.8 Å². The molecule has 3 rings (SSSR count). The monoisotopic (exact) mass is 309 g/mol. The standard InChI is InChI=1S/C21H27NO/c1-23-21-14-8-13-20(21)17-22(15-18-9-4-2-5-10-18)16-19-11-6-3-7-12-19/h2-7,9-12,20-21H,8,13-17H2,1H3. The summed E-state index contributed by atoms with van der Waals surface area (Å²) in [5.74, 6) is 0.660. The smallest absolute Gasteiger partial charge is 0.0611 e. The highest BCUT2D eigenvalue weighted by Gasteiger charge is 2.28. The first-order chi connectivity index (χ1) is 11.3. The molecular formula is C21H27NO. The molecular weight excluding hydrogens is 282 g/mol. The third-order valence-electron chi connectivity index (χ3n) is 4.88. The van der Waals surface area contributed by atoms with E-state index >= 15 is 0 Å². The van der Waals surface area contributed by atoms with Gasteiger partial charge in [0.2, 0.25) is 0 Å². The molecule has 122 valence electrons. The fourth-order valence-corrected chi connectivity index (χ4v) is 3.72. The highest BCUT2D eigenvalue weighted by atomic mass is 16.5. The summed E-state index contributed by atoms with van der Waals surface area (Å²) in [6.45, 7) is 3.12. The van der Waals surface area contributed by atoms with E-state index in [9.17, 15) is 0 Å². The number of hydrogen-bond donors (Lipinski definition) is 0. The summed E-state index contributed by atoms with van der Waals surface area (Å²) in [5, 5.41) is 0. The van der Waals surface area contributed by atoms with Crippen molar-refractivity contribution in [3.05, 3.63) is 71.8 Å². The highest BCUT2D eigenvalue weighted by molar-refractivity contribution is 5.17. The maximum Gasteiger partial charge on any atom is 0.0611 e. The summed E-state index contributed by atoms with van der Waals surface area (Å²) in [6.07, 6.45) is 4.24. The van der Waals surface area contributed by atoms with Gasteiger partial charge in [0.15, 0.2) is 0 Å². The quantitative estimate of drug-likeness (QED) is 0.746. The van der Waals surface area contributed by atoms with Crippen molar-refractivity contribution in [1.29, 1.82) is 0 Å². The third kappa shape index (κ3) is 4.66. The Morgan fingerprint density at radius 1 is 0.870 bits per heavy atom. The molecule has 0 heterocycles. The van der Waals surface area contributed by atoms with E-state index in [0.29, 0.717) is 12.0 Å². The lowest BCUT2D eigenvalue weighted by molar-refractivity contribution is 0.0514. The molecule has 2 aromatic carbocycles. The first kappa shape index (κ1) is 16.2. The number of rotatable bonds is 7. The fourth-order valence-electron chi connectivity index (χ4n) is 3.72. The number of methoxy groups -OCH3 is 1. The van der Waals surface area contributed by atoms with Gasteiger partial charge in [-0.05, 0) is 29.9 Å². The normalized spacial score (nSPS) is 21.0. The Morgan fingerprint density at radius 3 is 1.96 bits per heavy atom. The molecule has 0 aromatic heterocycles. The van der Waals surface area contributed by atoms with Crippen molar-refractivity contribution in [1.82, 2.24) is 4.90 Å². The Kier molecular flexibility index (Phi) is 5.84. The van der Waals surface area contributed by atoms with E-state index in [1.54, 1.807) is 0 Å². The molecule has 0 radical (unpaired) electrons. The van der Waals surface area contributed by atoms with Gasteiger partial charge in [-0.25, -0.2) is 0 Å². The summed E-state index contributed by atoms with van der Waals surface area (Å²) in [4.78, 5) is 2.58. The summed E-state index contributed by atoms with van der Waals surface area (Å²) in [5.41, 5.74) is 2.77. The minimum absolute atomic E-state index is 0.434. The lowest BCUT2D eigenvalue weighted by atomic mass is 10.0. The molecule has 1 aliphatic rings. The molecule has 2 atom stereocenters. The van der Waals surface area contributed by atoms with E-state index in [2.05, 4.69) is 65.6 Å². The van der Waals surface area contributed by atoms with E-state index in [1.807, 2.05) is 7.11 Å². The zero-order valence-electron chi connectivity index (χ0n) is 14.0. The average Bonchev–Trinajstić information content (AvgIpc) is 3.04. The molecule has 0 saturated heterocycles. The number of hydrogen-bond acceptors (Lipinski definition) is 2. The molecule has 1 fully saturated rings. The van der Waals surface area contributed by atoms with Crippen molar-refractivity contribution in [3.8, 4) is 0 Å². The van der Waals surface area contributed by atoms with Crippen LogP contribution in [0.15, 0.2) is 60.7 Å². The Hall–Kier alpha value is -1.64. The SMILES string of the molecule is COC1CCCC1CN(Cc1ccccc1)Cc1ccccc1. The Bertz CT molecular complexity index is 527. The molecule has 0 aliphatic heterocycles. The van der Waals surface area contributed by atoms with Crippen molar-refractivity contribution < 1.29 is 4.74 Å². The number of benzene rings is 2. The van der Waals surface area contributed by atoms with Gasteiger partial charge < -0.3 is 4.74 Å². The van der Waals surface area contributed by atoms with E-state index in [-0.39, 0.29) is 0 Å². The topological polar surface area (TPSA) is 12.5 Å². The van der Waals surface area contributed by atoms with Crippen LogP contribution in [0.25, 0.3) is 0 Å². The van der Waals surface area contributed by atoms with Crippen LogP contribution >= 0.6 is 0 Å². The first-order valence-corrected chi connectivity index (χ1v) is 8.68. The molecule has 2 heteroatoms. The molecule has 0 bridgehead atoms. The Morgan fingerprint density at radius 2 is 1.43 bits per heavy atom. The fraction of sp³-hybridized carbons (Fsp3) is 0.429. The number of ether oxygens (including phenoxy) is 1. The summed E-state index contributed by atoms with van der Waals surface area (Å²) in [6, 6.07) is 21.6. The summed E-state index contributed by atoms with van der Waals surface area (Å²) < 4.78 is 5.70. The van der Waals surface area contributed by atoms with Gasteiger partial charge in [-0.1, -0.05) is 67.1 Å². The van der Waals surface area contributed by atoms with Crippen molar-refractivity contribution in [2.24, 2.45) is 5.92 Å². The molecule has 2 aromatic rings. The van der Waals surface area contributed by atoms with Gasteiger partial charge >= 0.3 is 0 Å². The second-order valence-electron chi connectivity index (χ2n) is 6.61. The van der Waals surface area contributed by atoms with Crippen LogP contribution in [0.1, 0.15) is 30.4 Å². The van der Waals surface area contributed by atoms with Gasteiger partial charge in [-0.2, -0.15) is 0 Å². The predicted molar refractivity (Wildman–Crippen MR) is 95.1 cm³/mol. The van der Waals surface area contributed by atoms with Crippen molar-refractivity contribution >= 4 is 0 Å². The van der Waals surface area contributed by atoms with Gasteiger partial charge in [0.25, 0.3) is 0 Å². The van der Waals surface area contributed by atoms with Crippen LogP contribution < -0.4 is 0 Å². The maximum atomic E-state index is 5.70. The number of nitrogens with zero attached hydrogens (tertiary/aromatic N) is 1. The molecule has 1 aliphatic carbocycles. The van der Waals surface area contributed by atoms with E-state index in [4.69, 9.17) is 4.74 Å². The largest absolute Gasteiger partial charge is 0.381 e. The van der Waals surface area contributed by atoms with Gasteiger partial charge in [0.05, 0.1) is 6.10 Å². The lowest BCUT2D eigenvalue weighted by Gasteiger charge is -2.28. The van der Waals surface area contributed by atoms with E-state index in [0.717, 1.165) is 19.6 Å². The lowest BCUT2D eigenvalue weighted by Crippen LogP contribution is -2.32. The van der Waals surface area contributed by atoms with Gasteiger partial charge in [0.1, 0.15) is 0 Å². The van der Waals surface area contributed by atoms with Crippen LogP contribution in [0, 0.1) is 5.92 Å². The minimum atomic E-state index is 0.434. The van der Waals surface area contributed by atoms with Crippen molar-refractivity contribution in [2.75, 3.05) is 13.7 Å². The Balaban J connectivity index is 1.70. The molecule has 0 spiro atoms. The van der Waals surface area contributed by atoms with Crippen LogP contribution in [0.4, 0.5) is 0 Å². The third-order valence-corrected chi connectivity index (χ3v) is 4.88. The average molecular weight is 309 g/mol. The molecule has 23 heavy (non-hydrogen) atoms. The molecule has 2 unspecified atom stereocenters. The zero-order valence-corrected chi connectivity index (χ0v) is 14.0. The molecule has 0 amide bonds. The minimum Gasteiger partial charge on any atom is -0.381 e. The second-order valence-corrected chi connectivity index (χ2v) is 6.61. The van der Waals surface area contributed by atoms with Crippen LogP contribution in [0.5, 0.6) is 0 Å². The van der Waals surface area contributed by atoms with Crippen molar-refractivity contribution in [2.45, 2.75) is 38.5 Å². The van der Waals surface area contributed by atoms with Gasteiger partial charge in [-0.3, -0.25) is 4.90 Å². The van der Waals surface area contributed by atoms with E-state index in [1.165, 1.54) is 30.4 Å². The first-order valence-electron chi connectivity index (χ1n) is 8.68. The van der Waals surface area contributed by atoms with Gasteiger partial charge in [0, 0.05) is 26.7 Å². The highest BCUT2D eigenvalue weighted by Crippen LogP contribution is 2.29. The Labute approximate surface area is 140 Å². The second kappa shape index (κ2) is 8.28. The van der Waals surface area contributed by atoms with Gasteiger partial charge in [-0.15, -0.1) is 0 Å². The van der Waals surface area contributed by atoms with E-state index < -0.39 is 0 Å². The molecule has 1 saturated carbocycles. The van der Waals surface area contributed by atoms with Crippen molar-refractivity contribution in [3.63, 3.8) is 0 Å². The molecule has 2 nitrogen and oxygen atoms in total. The summed E-state index contributed by atoms with van der Waals surface area (Å²) >= 11 is 0. The molecule has 0 N–H and O–H groups in total. The predicted octanol–water partition coefficient (Wildman–Crippen LogP) is 4.50.